The summed E-state index contributed by atoms with van der Waals surface area (Å²) in [4.78, 5) is 78.2. The Bertz CT molecular complexity index is 1220. The van der Waals surface area contributed by atoms with Crippen LogP contribution in [0.15, 0.2) is 22.8 Å². The van der Waals surface area contributed by atoms with E-state index in [1.807, 2.05) is 27.7 Å². The monoisotopic (exact) mass is 510 g/mol. The van der Waals surface area contributed by atoms with Gasteiger partial charge in [0.05, 0.1) is 11.3 Å². The van der Waals surface area contributed by atoms with Gasteiger partial charge in [-0.3, -0.25) is 28.8 Å². The lowest BCUT2D eigenvalue weighted by Crippen LogP contribution is -2.59. The maximum atomic E-state index is 14.0. The zero-order chi connectivity index (χ0) is 27.9. The molecule has 200 valence electrons. The Balaban J connectivity index is 1.81. The molecule has 7 nitrogen and oxygen atoms in total. The number of carbonyl (C=O) groups excluding carboxylic acids is 5. The van der Waals surface area contributed by atoms with E-state index in [2.05, 4.69) is 0 Å². The van der Waals surface area contributed by atoms with Crippen LogP contribution < -0.4 is 0 Å². The first-order chi connectivity index (χ1) is 16.9. The fourth-order valence-corrected chi connectivity index (χ4v) is 8.23. The van der Waals surface area contributed by atoms with Crippen molar-refractivity contribution < 1.29 is 33.9 Å². The van der Waals surface area contributed by atoms with Crippen molar-refractivity contribution in [1.29, 1.82) is 0 Å². The number of rotatable bonds is 5. The van der Waals surface area contributed by atoms with Gasteiger partial charge in [-0.25, -0.2) is 0 Å². The minimum Gasteiger partial charge on any atom is -0.481 e. The standard InChI is InChI=1S/C30H38O7/c1-15(10-17(31)11-16(2)26(36)37)18-12-23(35)30(7)25-19(32)13-21-27(3,4)22(34)8-9-28(21,5)24(25)20(33)14-29(18,30)6/h10,16,18,21H,8-9,11-14H2,1-7H3,(H,36,37)/b15-10-/t16?,18-,21+,28+,29-,30+/m1/s1. The van der Waals surface area contributed by atoms with Crippen LogP contribution in [0.2, 0.25) is 0 Å². The van der Waals surface area contributed by atoms with Gasteiger partial charge in [-0.05, 0) is 43.6 Å². The summed E-state index contributed by atoms with van der Waals surface area (Å²) in [5.74, 6) is -3.30. The number of aliphatic carboxylic acids is 1. The number of ketones is 5. The largest absolute Gasteiger partial charge is 0.481 e. The molecule has 0 heterocycles. The molecule has 2 fully saturated rings. The van der Waals surface area contributed by atoms with Gasteiger partial charge in [0.1, 0.15) is 11.6 Å². The maximum Gasteiger partial charge on any atom is 0.306 e. The summed E-state index contributed by atoms with van der Waals surface area (Å²) in [6.45, 7) is 12.6. The lowest BCUT2D eigenvalue weighted by molar-refractivity contribution is -0.147. The number of hydrogen-bond acceptors (Lipinski definition) is 6. The molecular weight excluding hydrogens is 472 g/mol. The molecule has 2 saturated carbocycles. The zero-order valence-corrected chi connectivity index (χ0v) is 22.9. The first-order valence-corrected chi connectivity index (χ1v) is 13.2. The van der Waals surface area contributed by atoms with E-state index in [0.717, 1.165) is 0 Å². The van der Waals surface area contributed by atoms with Crippen molar-refractivity contribution in [1.82, 2.24) is 0 Å². The van der Waals surface area contributed by atoms with E-state index in [4.69, 9.17) is 5.11 Å². The first kappa shape index (κ1) is 27.3. The minimum atomic E-state index is -1.18. The molecular formula is C30H38O7. The fraction of sp³-hybridized carbons (Fsp3) is 0.667. The van der Waals surface area contributed by atoms with Crippen LogP contribution in [0.1, 0.15) is 87.0 Å². The summed E-state index contributed by atoms with van der Waals surface area (Å²) in [5.41, 5.74) is -2.04. The Morgan fingerprint density at radius 3 is 2.19 bits per heavy atom. The Labute approximate surface area is 218 Å². The van der Waals surface area contributed by atoms with Crippen LogP contribution in [-0.2, 0) is 28.8 Å². The highest BCUT2D eigenvalue weighted by Gasteiger charge is 2.70. The number of hydrogen-bond donors (Lipinski definition) is 1. The molecule has 1 unspecified atom stereocenters. The third kappa shape index (κ3) is 3.59. The van der Waals surface area contributed by atoms with Crippen LogP contribution in [0, 0.1) is 39.4 Å². The van der Waals surface area contributed by atoms with Crippen molar-refractivity contribution in [2.75, 3.05) is 0 Å². The number of carboxylic acid groups (broad SMARTS) is 1. The average Bonchev–Trinajstić information content (AvgIpc) is 2.99. The predicted molar refractivity (Wildman–Crippen MR) is 135 cm³/mol. The van der Waals surface area contributed by atoms with Crippen LogP contribution in [-0.4, -0.2) is 40.0 Å². The molecule has 6 atom stereocenters. The second-order valence-electron chi connectivity index (χ2n) is 13.1. The molecule has 37 heavy (non-hydrogen) atoms. The molecule has 0 radical (unpaired) electrons. The predicted octanol–water partition coefficient (Wildman–Crippen LogP) is 4.47. The van der Waals surface area contributed by atoms with Gasteiger partial charge in [0, 0.05) is 54.1 Å². The molecule has 0 spiro atoms. The van der Waals surface area contributed by atoms with Crippen LogP contribution in [0.5, 0.6) is 0 Å². The Morgan fingerprint density at radius 2 is 1.59 bits per heavy atom. The minimum absolute atomic E-state index is 0.0770. The Kier molecular flexibility index (Phi) is 6.21. The number of carboxylic acids is 1. The quantitative estimate of drug-likeness (QED) is 0.542. The third-order valence-corrected chi connectivity index (χ3v) is 10.8. The Morgan fingerprint density at radius 1 is 0.973 bits per heavy atom. The van der Waals surface area contributed by atoms with Crippen molar-refractivity contribution in [3.8, 4) is 0 Å². The van der Waals surface area contributed by atoms with E-state index in [0.29, 0.717) is 29.6 Å². The molecule has 1 N–H and O–H groups in total. The second-order valence-corrected chi connectivity index (χ2v) is 13.1. The topological polar surface area (TPSA) is 123 Å². The fourth-order valence-electron chi connectivity index (χ4n) is 8.23. The van der Waals surface area contributed by atoms with Crippen molar-refractivity contribution in [2.24, 2.45) is 39.4 Å². The van der Waals surface area contributed by atoms with Crippen LogP contribution in [0.3, 0.4) is 0 Å². The van der Waals surface area contributed by atoms with Crippen molar-refractivity contribution in [3.63, 3.8) is 0 Å². The van der Waals surface area contributed by atoms with E-state index in [1.54, 1.807) is 13.8 Å². The lowest BCUT2D eigenvalue weighted by atomic mass is 9.43. The molecule has 4 aliphatic rings. The van der Waals surface area contributed by atoms with Gasteiger partial charge in [-0.15, -0.1) is 0 Å². The van der Waals surface area contributed by atoms with E-state index in [9.17, 15) is 28.8 Å². The molecule has 4 rings (SSSR count). The molecule has 0 aromatic rings. The SMILES string of the molecule is C/C(=C/C(=O)CC(C)C(=O)O)[C@H]1CC(=O)[C@@]2(C)C3=C(C(=O)C[C@]12C)[C@@]1(C)CCC(=O)C(C)(C)[C@@H]1CC3=O. The molecule has 0 aromatic carbocycles. The van der Waals surface area contributed by atoms with Gasteiger partial charge < -0.3 is 5.11 Å². The number of carbonyl (C=O) groups is 6. The summed E-state index contributed by atoms with van der Waals surface area (Å²) in [6.07, 6.45) is 2.40. The highest BCUT2D eigenvalue weighted by atomic mass is 16.4. The van der Waals surface area contributed by atoms with Crippen molar-refractivity contribution >= 4 is 34.9 Å². The highest BCUT2D eigenvalue weighted by Crippen LogP contribution is 2.69. The van der Waals surface area contributed by atoms with E-state index in [-0.39, 0.29) is 60.5 Å². The molecule has 0 amide bonds. The summed E-state index contributed by atoms with van der Waals surface area (Å²) in [5, 5.41) is 9.14. The summed E-state index contributed by atoms with van der Waals surface area (Å²) < 4.78 is 0. The van der Waals surface area contributed by atoms with E-state index in [1.165, 1.54) is 13.0 Å². The van der Waals surface area contributed by atoms with Crippen LogP contribution >= 0.6 is 0 Å². The normalized spacial score (nSPS) is 38.2. The molecule has 0 aromatic heterocycles. The molecule has 4 aliphatic carbocycles. The van der Waals surface area contributed by atoms with Gasteiger partial charge in [0.15, 0.2) is 17.3 Å². The van der Waals surface area contributed by atoms with E-state index >= 15 is 0 Å². The summed E-state index contributed by atoms with van der Waals surface area (Å²) in [7, 11) is 0. The molecule has 0 aliphatic heterocycles. The first-order valence-electron chi connectivity index (χ1n) is 13.2. The smallest absolute Gasteiger partial charge is 0.306 e. The number of allylic oxidation sites excluding steroid dienone is 4. The summed E-state index contributed by atoms with van der Waals surface area (Å²) in [6, 6.07) is 0. The van der Waals surface area contributed by atoms with Gasteiger partial charge in [-0.2, -0.15) is 0 Å². The van der Waals surface area contributed by atoms with Gasteiger partial charge in [-0.1, -0.05) is 40.2 Å². The van der Waals surface area contributed by atoms with Crippen molar-refractivity contribution in [2.45, 2.75) is 87.0 Å². The van der Waals surface area contributed by atoms with Gasteiger partial charge in [0.2, 0.25) is 0 Å². The van der Waals surface area contributed by atoms with Crippen molar-refractivity contribution in [3.05, 3.63) is 22.8 Å². The molecule has 0 saturated heterocycles. The highest BCUT2D eigenvalue weighted by molar-refractivity contribution is 6.17. The van der Waals surface area contributed by atoms with Gasteiger partial charge >= 0.3 is 5.97 Å². The van der Waals surface area contributed by atoms with Crippen LogP contribution in [0.25, 0.3) is 0 Å². The number of fused-ring (bicyclic) bond motifs is 4. The number of Topliss-reactive ketones (excluding diaryl/α,β-unsaturated/α-hetero) is 4. The third-order valence-electron chi connectivity index (χ3n) is 10.8. The average molecular weight is 511 g/mol. The second kappa shape index (κ2) is 8.40. The summed E-state index contributed by atoms with van der Waals surface area (Å²) >= 11 is 0. The van der Waals surface area contributed by atoms with Gasteiger partial charge in [0.25, 0.3) is 0 Å². The van der Waals surface area contributed by atoms with E-state index < -0.39 is 39.5 Å². The molecule has 7 heteroatoms. The maximum absolute atomic E-state index is 14.0. The lowest BCUT2D eigenvalue weighted by Gasteiger charge is -2.58. The Hall–Kier alpha value is -2.70. The molecule has 0 bridgehead atoms. The zero-order valence-electron chi connectivity index (χ0n) is 22.9. The van der Waals surface area contributed by atoms with Crippen LogP contribution in [0.4, 0.5) is 0 Å².